The number of aryl methyl sites for hydroxylation is 1. The SMILES string of the molecule is CC1CCc2sc(C(=O)NC3CC4CCC(C3)N4)cc2C1. The maximum atomic E-state index is 12.5. The van der Waals surface area contributed by atoms with E-state index >= 15 is 0 Å². The van der Waals surface area contributed by atoms with Crippen LogP contribution in [0, 0.1) is 5.92 Å². The van der Waals surface area contributed by atoms with Crippen molar-refractivity contribution < 1.29 is 4.79 Å². The summed E-state index contributed by atoms with van der Waals surface area (Å²) in [6.45, 7) is 2.31. The first-order valence-electron chi connectivity index (χ1n) is 8.36. The van der Waals surface area contributed by atoms with Gasteiger partial charge >= 0.3 is 0 Å². The fourth-order valence-corrected chi connectivity index (χ4v) is 5.36. The zero-order valence-electron chi connectivity index (χ0n) is 12.7. The van der Waals surface area contributed by atoms with Crippen molar-refractivity contribution in [2.24, 2.45) is 5.92 Å². The Labute approximate surface area is 130 Å². The van der Waals surface area contributed by atoms with Gasteiger partial charge in [-0.1, -0.05) is 6.92 Å². The summed E-state index contributed by atoms with van der Waals surface area (Å²) in [5.41, 5.74) is 1.43. The molecule has 3 aliphatic rings. The number of hydrogen-bond donors (Lipinski definition) is 2. The maximum Gasteiger partial charge on any atom is 0.261 e. The standard InChI is InChI=1S/C17H24N2OS/c1-10-2-5-15-11(6-10)7-16(21-15)17(20)19-14-8-12-3-4-13(9-14)18-12/h7,10,12-14,18H,2-6,8-9H2,1H3,(H,19,20). The van der Waals surface area contributed by atoms with Gasteiger partial charge in [-0.3, -0.25) is 4.79 Å². The van der Waals surface area contributed by atoms with Gasteiger partial charge in [-0.05, 0) is 62.5 Å². The van der Waals surface area contributed by atoms with Crippen LogP contribution < -0.4 is 10.6 Å². The molecule has 3 nitrogen and oxygen atoms in total. The molecule has 0 saturated carbocycles. The number of nitrogens with one attached hydrogen (secondary N) is 2. The molecule has 1 aromatic heterocycles. The van der Waals surface area contributed by atoms with Crippen molar-refractivity contribution >= 4 is 17.2 Å². The predicted molar refractivity (Wildman–Crippen MR) is 85.9 cm³/mol. The van der Waals surface area contributed by atoms with E-state index in [9.17, 15) is 4.79 Å². The second-order valence-electron chi connectivity index (χ2n) is 7.19. The van der Waals surface area contributed by atoms with Gasteiger partial charge in [0, 0.05) is 23.0 Å². The summed E-state index contributed by atoms with van der Waals surface area (Å²) in [7, 11) is 0. The van der Waals surface area contributed by atoms with Gasteiger partial charge in [0.1, 0.15) is 0 Å². The van der Waals surface area contributed by atoms with Gasteiger partial charge in [-0.25, -0.2) is 0 Å². The number of hydrogen-bond acceptors (Lipinski definition) is 3. The van der Waals surface area contributed by atoms with Crippen LogP contribution in [0.15, 0.2) is 6.07 Å². The third kappa shape index (κ3) is 2.76. The lowest BCUT2D eigenvalue weighted by Crippen LogP contribution is -2.47. The summed E-state index contributed by atoms with van der Waals surface area (Å²) < 4.78 is 0. The molecule has 4 rings (SSSR count). The Balaban J connectivity index is 1.43. The molecule has 1 aliphatic carbocycles. The van der Waals surface area contributed by atoms with Crippen molar-refractivity contribution in [2.45, 2.75) is 70.0 Å². The first kappa shape index (κ1) is 13.8. The Kier molecular flexibility index (Phi) is 3.54. The van der Waals surface area contributed by atoms with Crippen molar-refractivity contribution in [3.8, 4) is 0 Å². The fraction of sp³-hybridized carbons (Fsp3) is 0.706. The zero-order valence-corrected chi connectivity index (χ0v) is 13.5. The molecule has 4 heteroatoms. The van der Waals surface area contributed by atoms with Crippen molar-refractivity contribution in [2.75, 3.05) is 0 Å². The number of amides is 1. The molecular formula is C17H24N2OS. The maximum absolute atomic E-state index is 12.5. The number of carbonyl (C=O) groups excluding carboxylic acids is 1. The van der Waals surface area contributed by atoms with E-state index < -0.39 is 0 Å². The van der Waals surface area contributed by atoms with Gasteiger partial charge in [0.25, 0.3) is 5.91 Å². The zero-order chi connectivity index (χ0) is 14.4. The third-order valence-corrected chi connectivity index (χ3v) is 6.60. The molecule has 1 aromatic rings. The van der Waals surface area contributed by atoms with E-state index in [1.54, 1.807) is 11.3 Å². The first-order valence-corrected chi connectivity index (χ1v) is 9.17. The molecule has 3 heterocycles. The van der Waals surface area contributed by atoms with Crippen LogP contribution in [-0.2, 0) is 12.8 Å². The van der Waals surface area contributed by atoms with Gasteiger partial charge in [-0.15, -0.1) is 11.3 Å². The summed E-state index contributed by atoms with van der Waals surface area (Å²) in [6.07, 6.45) is 8.34. The average Bonchev–Trinajstić information content (AvgIpc) is 3.02. The highest BCUT2D eigenvalue weighted by molar-refractivity contribution is 7.14. The molecule has 21 heavy (non-hydrogen) atoms. The monoisotopic (exact) mass is 304 g/mol. The van der Waals surface area contributed by atoms with E-state index in [0.717, 1.165) is 36.5 Å². The number of carbonyl (C=O) groups is 1. The largest absolute Gasteiger partial charge is 0.348 e. The average molecular weight is 304 g/mol. The lowest BCUT2D eigenvalue weighted by atomic mass is 9.90. The minimum absolute atomic E-state index is 0.161. The predicted octanol–water partition coefficient (Wildman–Crippen LogP) is 2.89. The quantitative estimate of drug-likeness (QED) is 0.882. The van der Waals surface area contributed by atoms with Gasteiger partial charge in [0.05, 0.1) is 4.88 Å². The third-order valence-electron chi connectivity index (χ3n) is 5.36. The molecule has 2 saturated heterocycles. The molecule has 1 amide bonds. The molecule has 0 aromatic carbocycles. The second-order valence-corrected chi connectivity index (χ2v) is 8.32. The van der Waals surface area contributed by atoms with E-state index in [0.29, 0.717) is 18.1 Å². The molecular weight excluding hydrogens is 280 g/mol. The molecule has 2 N–H and O–H groups in total. The number of piperidine rings is 1. The molecule has 3 atom stereocenters. The van der Waals surface area contributed by atoms with Gasteiger partial charge in [0.15, 0.2) is 0 Å². The molecule has 0 radical (unpaired) electrons. The van der Waals surface area contributed by atoms with Crippen molar-refractivity contribution in [1.82, 2.24) is 10.6 Å². The molecule has 3 unspecified atom stereocenters. The number of thiophene rings is 1. The van der Waals surface area contributed by atoms with Crippen LogP contribution in [0.3, 0.4) is 0 Å². The lowest BCUT2D eigenvalue weighted by molar-refractivity contribution is 0.0928. The van der Waals surface area contributed by atoms with Crippen LogP contribution in [0.2, 0.25) is 0 Å². The normalized spacial score (nSPS) is 34.5. The second kappa shape index (κ2) is 5.40. The summed E-state index contributed by atoms with van der Waals surface area (Å²) in [5.74, 6) is 0.927. The molecule has 114 valence electrons. The summed E-state index contributed by atoms with van der Waals surface area (Å²) in [4.78, 5) is 14.9. The van der Waals surface area contributed by atoms with E-state index in [-0.39, 0.29) is 5.91 Å². The number of fused-ring (bicyclic) bond motifs is 3. The van der Waals surface area contributed by atoms with E-state index in [4.69, 9.17) is 0 Å². The first-order chi connectivity index (χ1) is 10.2. The number of rotatable bonds is 2. The van der Waals surface area contributed by atoms with Crippen molar-refractivity contribution in [3.05, 3.63) is 21.4 Å². The summed E-state index contributed by atoms with van der Waals surface area (Å²) in [5, 5.41) is 6.92. The lowest BCUT2D eigenvalue weighted by Gasteiger charge is -2.29. The van der Waals surface area contributed by atoms with Gasteiger partial charge < -0.3 is 10.6 Å². The smallest absolute Gasteiger partial charge is 0.261 e. The highest BCUT2D eigenvalue weighted by Gasteiger charge is 2.34. The summed E-state index contributed by atoms with van der Waals surface area (Å²) >= 11 is 1.72. The van der Waals surface area contributed by atoms with Crippen LogP contribution >= 0.6 is 11.3 Å². The minimum Gasteiger partial charge on any atom is -0.348 e. The van der Waals surface area contributed by atoms with Crippen LogP contribution in [0.25, 0.3) is 0 Å². The Hall–Kier alpha value is -0.870. The topological polar surface area (TPSA) is 41.1 Å². The Morgan fingerprint density at radius 2 is 2.05 bits per heavy atom. The minimum atomic E-state index is 0.161. The Morgan fingerprint density at radius 1 is 1.29 bits per heavy atom. The van der Waals surface area contributed by atoms with Crippen LogP contribution in [-0.4, -0.2) is 24.0 Å². The van der Waals surface area contributed by atoms with E-state index in [1.807, 2.05) is 0 Å². The Bertz CT molecular complexity index is 541. The molecule has 2 aliphatic heterocycles. The van der Waals surface area contributed by atoms with Crippen LogP contribution in [0.5, 0.6) is 0 Å². The van der Waals surface area contributed by atoms with Crippen molar-refractivity contribution in [1.29, 1.82) is 0 Å². The summed E-state index contributed by atoms with van der Waals surface area (Å²) in [6, 6.07) is 3.79. The van der Waals surface area contributed by atoms with E-state index in [1.165, 1.54) is 29.7 Å². The van der Waals surface area contributed by atoms with Gasteiger partial charge in [-0.2, -0.15) is 0 Å². The Morgan fingerprint density at radius 3 is 2.81 bits per heavy atom. The van der Waals surface area contributed by atoms with Crippen LogP contribution in [0.4, 0.5) is 0 Å². The van der Waals surface area contributed by atoms with Crippen molar-refractivity contribution in [3.63, 3.8) is 0 Å². The fourth-order valence-electron chi connectivity index (χ4n) is 4.25. The van der Waals surface area contributed by atoms with E-state index in [2.05, 4.69) is 23.6 Å². The van der Waals surface area contributed by atoms with Crippen LogP contribution in [0.1, 0.15) is 59.1 Å². The van der Waals surface area contributed by atoms with Gasteiger partial charge in [0.2, 0.25) is 0 Å². The highest BCUT2D eigenvalue weighted by Crippen LogP contribution is 2.32. The molecule has 2 fully saturated rings. The highest BCUT2D eigenvalue weighted by atomic mass is 32.1. The molecule has 0 spiro atoms. The molecule has 2 bridgehead atoms.